The number of aromatic carboxylic acids is 1. The quantitative estimate of drug-likeness (QED) is 0.752. The Bertz CT molecular complexity index is 642. The molecule has 0 saturated heterocycles. The Morgan fingerprint density at radius 1 is 1.40 bits per heavy atom. The number of hydrogen-bond donors (Lipinski definition) is 2. The van der Waals surface area contributed by atoms with Crippen molar-refractivity contribution in [1.29, 1.82) is 0 Å². The zero-order chi connectivity index (χ0) is 15.5. The lowest BCUT2D eigenvalue weighted by Crippen LogP contribution is -2.39. The van der Waals surface area contributed by atoms with Gasteiger partial charge in [0, 0.05) is 4.47 Å². The third-order valence-corrected chi connectivity index (χ3v) is 4.87. The van der Waals surface area contributed by atoms with E-state index in [9.17, 15) is 18.0 Å². The van der Waals surface area contributed by atoms with Crippen LogP contribution in [0, 0.1) is 0 Å². The monoisotopic (exact) mass is 365 g/mol. The number of esters is 1. The minimum Gasteiger partial charge on any atom is -0.478 e. The molecule has 0 aliphatic heterocycles. The van der Waals surface area contributed by atoms with Crippen LogP contribution in [0.4, 0.5) is 0 Å². The summed E-state index contributed by atoms with van der Waals surface area (Å²) in [5.74, 6) is -1.91. The smallest absolute Gasteiger partial charge is 0.335 e. The second kappa shape index (κ2) is 6.33. The van der Waals surface area contributed by atoms with E-state index in [1.54, 1.807) is 0 Å². The Hall–Kier alpha value is -1.45. The van der Waals surface area contributed by atoms with Crippen LogP contribution in [-0.4, -0.2) is 38.6 Å². The third-order valence-electron chi connectivity index (χ3n) is 2.36. The number of nitrogens with one attached hydrogen (secondary N) is 1. The van der Waals surface area contributed by atoms with Crippen molar-refractivity contribution in [3.05, 3.63) is 28.2 Å². The largest absolute Gasteiger partial charge is 0.478 e. The van der Waals surface area contributed by atoms with Crippen LogP contribution in [0.5, 0.6) is 0 Å². The average molecular weight is 366 g/mol. The van der Waals surface area contributed by atoms with Gasteiger partial charge in [0.1, 0.15) is 6.04 Å². The van der Waals surface area contributed by atoms with Gasteiger partial charge in [-0.15, -0.1) is 0 Å². The highest BCUT2D eigenvalue weighted by Crippen LogP contribution is 2.23. The van der Waals surface area contributed by atoms with Gasteiger partial charge in [-0.2, -0.15) is 4.72 Å². The van der Waals surface area contributed by atoms with Crippen molar-refractivity contribution in [2.45, 2.75) is 17.9 Å². The van der Waals surface area contributed by atoms with Gasteiger partial charge in [-0.1, -0.05) is 0 Å². The van der Waals surface area contributed by atoms with Crippen LogP contribution in [0.25, 0.3) is 0 Å². The summed E-state index contributed by atoms with van der Waals surface area (Å²) in [6.45, 7) is 1.34. The Morgan fingerprint density at radius 3 is 2.45 bits per heavy atom. The fourth-order valence-electron chi connectivity index (χ4n) is 1.37. The van der Waals surface area contributed by atoms with Gasteiger partial charge in [0.2, 0.25) is 10.0 Å². The molecule has 1 rings (SSSR count). The van der Waals surface area contributed by atoms with E-state index in [-0.39, 0.29) is 14.9 Å². The maximum atomic E-state index is 12.1. The molecule has 0 spiro atoms. The van der Waals surface area contributed by atoms with Crippen molar-refractivity contribution in [3.63, 3.8) is 0 Å². The maximum Gasteiger partial charge on any atom is 0.335 e. The van der Waals surface area contributed by atoms with E-state index in [0.29, 0.717) is 0 Å². The van der Waals surface area contributed by atoms with Gasteiger partial charge in [0.05, 0.1) is 17.6 Å². The Labute approximate surface area is 124 Å². The summed E-state index contributed by atoms with van der Waals surface area (Å²) >= 11 is 3.00. The van der Waals surface area contributed by atoms with Gasteiger partial charge in [-0.25, -0.2) is 13.2 Å². The third kappa shape index (κ3) is 3.78. The molecule has 7 nitrogen and oxygen atoms in total. The highest BCUT2D eigenvalue weighted by Gasteiger charge is 2.24. The van der Waals surface area contributed by atoms with Crippen molar-refractivity contribution in [2.24, 2.45) is 0 Å². The molecule has 0 aliphatic rings. The number of methoxy groups -OCH3 is 1. The maximum absolute atomic E-state index is 12.1. The molecule has 110 valence electrons. The zero-order valence-electron chi connectivity index (χ0n) is 10.6. The number of benzene rings is 1. The molecule has 0 amide bonds. The Morgan fingerprint density at radius 2 is 2.00 bits per heavy atom. The number of sulfonamides is 1. The van der Waals surface area contributed by atoms with Crippen LogP contribution >= 0.6 is 15.9 Å². The van der Waals surface area contributed by atoms with Crippen molar-refractivity contribution in [2.75, 3.05) is 7.11 Å². The minimum absolute atomic E-state index is 0.0585. The number of halogens is 1. The summed E-state index contributed by atoms with van der Waals surface area (Å²) in [6.07, 6.45) is 0. The average Bonchev–Trinajstić information content (AvgIpc) is 2.36. The summed E-state index contributed by atoms with van der Waals surface area (Å²) in [6, 6.07) is 2.40. The number of hydrogen-bond acceptors (Lipinski definition) is 5. The van der Waals surface area contributed by atoms with Crippen molar-refractivity contribution in [1.82, 2.24) is 4.72 Å². The van der Waals surface area contributed by atoms with E-state index in [1.165, 1.54) is 13.0 Å². The van der Waals surface area contributed by atoms with E-state index in [4.69, 9.17) is 5.11 Å². The number of carbonyl (C=O) groups excluding carboxylic acids is 1. The normalized spacial score (nSPS) is 12.8. The molecule has 20 heavy (non-hydrogen) atoms. The molecule has 0 aliphatic carbocycles. The summed E-state index contributed by atoms with van der Waals surface area (Å²) in [5.41, 5.74) is -0.0585. The van der Waals surface area contributed by atoms with Crippen molar-refractivity contribution in [3.8, 4) is 0 Å². The topological polar surface area (TPSA) is 110 Å². The second-order valence-corrected chi connectivity index (χ2v) is 6.35. The summed E-state index contributed by atoms with van der Waals surface area (Å²) < 4.78 is 30.8. The van der Waals surface area contributed by atoms with Crippen LogP contribution in [0.1, 0.15) is 17.3 Å². The highest BCUT2D eigenvalue weighted by molar-refractivity contribution is 9.10. The van der Waals surface area contributed by atoms with E-state index >= 15 is 0 Å². The molecule has 9 heteroatoms. The first kappa shape index (κ1) is 16.6. The van der Waals surface area contributed by atoms with Crippen LogP contribution in [0.15, 0.2) is 27.6 Å². The predicted octanol–water partition coefficient (Wildman–Crippen LogP) is 0.987. The van der Waals surface area contributed by atoms with Gasteiger partial charge < -0.3 is 9.84 Å². The molecule has 0 heterocycles. The Balaban J connectivity index is 3.10. The molecule has 0 radical (unpaired) electrons. The molecule has 1 aromatic rings. The predicted molar refractivity (Wildman–Crippen MR) is 72.9 cm³/mol. The lowest BCUT2D eigenvalue weighted by atomic mass is 10.2. The SMILES string of the molecule is COC(=O)[C@H](C)NS(=O)(=O)c1ccc(C(=O)O)cc1Br. The lowest BCUT2D eigenvalue weighted by Gasteiger charge is -2.13. The second-order valence-electron chi connectivity index (χ2n) is 3.82. The first-order chi connectivity index (χ1) is 9.19. The standard InChI is InChI=1S/C11H12BrNO6S/c1-6(11(16)19-2)13-20(17,18)9-4-3-7(10(14)15)5-8(9)12/h3-6,13H,1-2H3,(H,14,15)/t6-/m0/s1. The molecule has 0 fully saturated rings. The molecular formula is C11H12BrNO6S. The highest BCUT2D eigenvalue weighted by atomic mass is 79.9. The molecule has 1 aromatic carbocycles. The molecule has 2 N–H and O–H groups in total. The number of carbonyl (C=O) groups is 2. The van der Waals surface area contributed by atoms with E-state index in [1.807, 2.05) is 0 Å². The number of carboxylic acid groups (broad SMARTS) is 1. The van der Waals surface area contributed by atoms with Gasteiger partial charge in [0.15, 0.2) is 0 Å². The first-order valence-electron chi connectivity index (χ1n) is 5.32. The van der Waals surface area contributed by atoms with E-state index in [0.717, 1.165) is 19.2 Å². The summed E-state index contributed by atoms with van der Waals surface area (Å²) in [5, 5.41) is 8.81. The molecule has 1 atom stereocenters. The Kier molecular flexibility index (Phi) is 5.26. The number of ether oxygens (including phenoxy) is 1. The van der Waals surface area contributed by atoms with Crippen molar-refractivity contribution >= 4 is 37.9 Å². The zero-order valence-corrected chi connectivity index (χ0v) is 13.0. The molecule has 0 aromatic heterocycles. The van der Waals surface area contributed by atoms with Crippen molar-refractivity contribution < 1.29 is 27.9 Å². The van der Waals surface area contributed by atoms with E-state index in [2.05, 4.69) is 25.4 Å². The number of rotatable bonds is 5. The van der Waals surface area contributed by atoms with Crippen LogP contribution in [0.2, 0.25) is 0 Å². The summed E-state index contributed by atoms with van der Waals surface area (Å²) in [4.78, 5) is 21.8. The fraction of sp³-hybridized carbons (Fsp3) is 0.273. The van der Waals surface area contributed by atoms with Crippen LogP contribution < -0.4 is 4.72 Å². The van der Waals surface area contributed by atoms with E-state index < -0.39 is 28.0 Å². The molecule has 0 saturated carbocycles. The van der Waals surface area contributed by atoms with Crippen LogP contribution in [0.3, 0.4) is 0 Å². The number of carboxylic acids is 1. The molecular weight excluding hydrogens is 354 g/mol. The van der Waals surface area contributed by atoms with Gasteiger partial charge in [-0.05, 0) is 41.1 Å². The fourth-order valence-corrected chi connectivity index (χ4v) is 3.64. The van der Waals surface area contributed by atoms with Gasteiger partial charge in [-0.3, -0.25) is 4.79 Å². The lowest BCUT2D eigenvalue weighted by molar-refractivity contribution is -0.142. The minimum atomic E-state index is -3.98. The summed E-state index contributed by atoms with van der Waals surface area (Å²) in [7, 11) is -2.83. The molecule has 0 bridgehead atoms. The van der Waals surface area contributed by atoms with Gasteiger partial charge in [0.25, 0.3) is 0 Å². The first-order valence-corrected chi connectivity index (χ1v) is 7.59. The van der Waals surface area contributed by atoms with Gasteiger partial charge >= 0.3 is 11.9 Å². The van der Waals surface area contributed by atoms with Crippen LogP contribution in [-0.2, 0) is 19.6 Å². The molecule has 0 unspecified atom stereocenters.